The van der Waals surface area contributed by atoms with Gasteiger partial charge in [0.1, 0.15) is 0 Å². The highest BCUT2D eigenvalue weighted by atomic mass is 15.1. The highest BCUT2D eigenvalue weighted by Gasteiger charge is 2.03. The topological polar surface area (TPSA) is 110 Å². The number of azide groups is 2. The molecule has 7 nitrogen and oxygen atoms in total. The van der Waals surface area contributed by atoms with E-state index < -0.39 is 0 Å². The average molecular weight is 305 g/mol. The summed E-state index contributed by atoms with van der Waals surface area (Å²) in [6.07, 6.45) is 0.663. The second kappa shape index (κ2) is 8.24. The Morgan fingerprint density at radius 3 is 2.26 bits per heavy atom. The average Bonchev–Trinajstić information content (AvgIpc) is 2.57. The van der Waals surface area contributed by atoms with E-state index in [0.29, 0.717) is 24.3 Å². The smallest absolute Gasteiger partial charge is 0.0465 e. The lowest BCUT2D eigenvalue weighted by molar-refractivity contribution is 0.966. The van der Waals surface area contributed by atoms with Crippen molar-refractivity contribution < 1.29 is 0 Å². The van der Waals surface area contributed by atoms with Gasteiger partial charge in [-0.3, -0.25) is 4.99 Å². The number of nitrogens with zero attached hydrogens (tertiary/aromatic N) is 7. The van der Waals surface area contributed by atoms with E-state index in [-0.39, 0.29) is 0 Å². The Hall–Kier alpha value is -3.27. The van der Waals surface area contributed by atoms with Crippen LogP contribution in [0.25, 0.3) is 20.9 Å². The molecule has 0 saturated heterocycles. The van der Waals surface area contributed by atoms with Crippen LogP contribution in [-0.4, -0.2) is 12.3 Å². The predicted molar refractivity (Wildman–Crippen MR) is 91.3 cm³/mol. The molecule has 0 saturated carbocycles. The van der Waals surface area contributed by atoms with Crippen molar-refractivity contribution in [1.29, 1.82) is 0 Å². The largest absolute Gasteiger partial charge is 0.289 e. The van der Waals surface area contributed by atoms with Crippen molar-refractivity contribution >= 4 is 17.1 Å². The zero-order valence-electron chi connectivity index (χ0n) is 12.7. The first kappa shape index (κ1) is 16.1. The maximum Gasteiger partial charge on any atom is 0.0465 e. The molecular weight excluding hydrogens is 290 g/mol. The molecule has 0 unspecified atom stereocenters. The molecule has 0 heterocycles. The molecule has 0 fully saturated rings. The van der Waals surface area contributed by atoms with Crippen LogP contribution in [0.15, 0.2) is 63.8 Å². The van der Waals surface area contributed by atoms with Crippen LogP contribution in [0.4, 0.5) is 11.4 Å². The summed E-state index contributed by atoms with van der Waals surface area (Å²) in [6.45, 7) is 2.43. The zero-order chi connectivity index (χ0) is 16.5. The molecule has 0 bridgehead atoms. The molecule has 114 valence electrons. The molecule has 0 radical (unpaired) electrons. The second-order valence-electron chi connectivity index (χ2n) is 4.74. The lowest BCUT2D eigenvalue weighted by atomic mass is 10.1. The summed E-state index contributed by atoms with van der Waals surface area (Å²) < 4.78 is 0. The van der Waals surface area contributed by atoms with E-state index in [0.717, 1.165) is 16.8 Å². The standard InChI is InChI=1S/C16H15N7/c1-12(14-7-3-5-9-16(14)21-23-18)19-11-10-13-6-2-4-8-15(13)20-22-17/h2-9H,10-11H2,1H3. The van der Waals surface area contributed by atoms with Crippen molar-refractivity contribution in [3.05, 3.63) is 80.5 Å². The van der Waals surface area contributed by atoms with Crippen LogP contribution in [0.3, 0.4) is 0 Å². The molecule has 2 rings (SSSR count). The van der Waals surface area contributed by atoms with Crippen LogP contribution < -0.4 is 0 Å². The normalized spacial score (nSPS) is 10.6. The van der Waals surface area contributed by atoms with Crippen LogP contribution in [0, 0.1) is 0 Å². The van der Waals surface area contributed by atoms with E-state index in [1.807, 2.05) is 43.3 Å². The molecule has 2 aromatic rings. The van der Waals surface area contributed by atoms with E-state index in [1.54, 1.807) is 12.1 Å². The molecule has 23 heavy (non-hydrogen) atoms. The van der Waals surface area contributed by atoms with Crippen LogP contribution in [0.2, 0.25) is 0 Å². The molecule has 0 aromatic heterocycles. The summed E-state index contributed by atoms with van der Waals surface area (Å²) in [5.74, 6) is 0. The zero-order valence-corrected chi connectivity index (χ0v) is 12.7. The number of hydrogen-bond donors (Lipinski definition) is 0. The first-order chi connectivity index (χ1) is 11.3. The van der Waals surface area contributed by atoms with Crippen LogP contribution in [-0.2, 0) is 6.42 Å². The number of rotatable bonds is 6. The SMILES string of the molecule is CC(=NCCc1ccccc1N=[N+]=[N-])c1ccccc1N=[N+]=[N-]. The van der Waals surface area contributed by atoms with Crippen LogP contribution in [0.1, 0.15) is 18.1 Å². The van der Waals surface area contributed by atoms with Gasteiger partial charge in [0.15, 0.2) is 0 Å². The van der Waals surface area contributed by atoms with Crippen molar-refractivity contribution in [2.45, 2.75) is 13.3 Å². The van der Waals surface area contributed by atoms with Crippen molar-refractivity contribution in [2.75, 3.05) is 6.54 Å². The van der Waals surface area contributed by atoms with Crippen LogP contribution >= 0.6 is 0 Å². The van der Waals surface area contributed by atoms with Gasteiger partial charge in [0, 0.05) is 39.0 Å². The fraction of sp³-hybridized carbons (Fsp3) is 0.188. The molecule has 0 N–H and O–H groups in total. The third-order valence-corrected chi connectivity index (χ3v) is 3.32. The molecule has 7 heteroatoms. The molecule has 0 spiro atoms. The summed E-state index contributed by atoms with van der Waals surface area (Å²) in [5, 5.41) is 7.35. The maximum atomic E-state index is 8.61. The highest BCUT2D eigenvalue weighted by molar-refractivity contribution is 6.02. The van der Waals surface area contributed by atoms with Gasteiger partial charge in [0.2, 0.25) is 0 Å². The fourth-order valence-corrected chi connectivity index (χ4v) is 2.21. The minimum absolute atomic E-state index is 0.550. The van der Waals surface area contributed by atoms with Crippen molar-refractivity contribution in [1.82, 2.24) is 0 Å². The third-order valence-electron chi connectivity index (χ3n) is 3.32. The second-order valence-corrected chi connectivity index (χ2v) is 4.74. The number of aliphatic imine (C=N–C) groups is 1. The molecule has 0 atom stereocenters. The van der Waals surface area contributed by atoms with Gasteiger partial charge in [0.25, 0.3) is 0 Å². The Morgan fingerprint density at radius 1 is 0.913 bits per heavy atom. The summed E-state index contributed by atoms with van der Waals surface area (Å²) in [5.41, 5.74) is 20.9. The van der Waals surface area contributed by atoms with Crippen LogP contribution in [0.5, 0.6) is 0 Å². The monoisotopic (exact) mass is 305 g/mol. The van der Waals surface area contributed by atoms with E-state index >= 15 is 0 Å². The molecule has 0 aliphatic rings. The van der Waals surface area contributed by atoms with Gasteiger partial charge in [-0.05, 0) is 30.0 Å². The lowest BCUT2D eigenvalue weighted by Crippen LogP contribution is -1.99. The van der Waals surface area contributed by atoms with Gasteiger partial charge >= 0.3 is 0 Å². The first-order valence-electron chi connectivity index (χ1n) is 7.05. The van der Waals surface area contributed by atoms with Gasteiger partial charge in [-0.1, -0.05) is 58.8 Å². The molecular formula is C16H15N7. The van der Waals surface area contributed by atoms with Crippen molar-refractivity contribution in [2.24, 2.45) is 15.2 Å². The minimum Gasteiger partial charge on any atom is -0.289 e. The van der Waals surface area contributed by atoms with Gasteiger partial charge in [0.05, 0.1) is 0 Å². The van der Waals surface area contributed by atoms with E-state index in [4.69, 9.17) is 11.1 Å². The Kier molecular flexibility index (Phi) is 5.77. The molecule has 0 aliphatic heterocycles. The predicted octanol–water partition coefficient (Wildman–Crippen LogP) is 5.62. The third kappa shape index (κ3) is 4.35. The number of hydrogen-bond acceptors (Lipinski definition) is 3. The minimum atomic E-state index is 0.550. The summed E-state index contributed by atoms with van der Waals surface area (Å²) >= 11 is 0. The fourth-order valence-electron chi connectivity index (χ4n) is 2.21. The highest BCUT2D eigenvalue weighted by Crippen LogP contribution is 2.21. The molecule has 0 amide bonds. The number of benzene rings is 2. The van der Waals surface area contributed by atoms with Gasteiger partial charge in [-0.2, -0.15) is 0 Å². The van der Waals surface area contributed by atoms with Gasteiger partial charge < -0.3 is 0 Å². The van der Waals surface area contributed by atoms with Crippen molar-refractivity contribution in [3.63, 3.8) is 0 Å². The lowest BCUT2D eigenvalue weighted by Gasteiger charge is -2.06. The van der Waals surface area contributed by atoms with E-state index in [2.05, 4.69) is 25.0 Å². The summed E-state index contributed by atoms with van der Waals surface area (Å²) in [7, 11) is 0. The Bertz CT molecular complexity index is 813. The molecule has 0 aliphatic carbocycles. The summed E-state index contributed by atoms with van der Waals surface area (Å²) in [6, 6.07) is 14.8. The van der Waals surface area contributed by atoms with Gasteiger partial charge in [-0.25, -0.2) is 0 Å². The summed E-state index contributed by atoms with van der Waals surface area (Å²) in [4.78, 5) is 10.2. The van der Waals surface area contributed by atoms with Crippen molar-refractivity contribution in [3.8, 4) is 0 Å². The van der Waals surface area contributed by atoms with Gasteiger partial charge in [-0.15, -0.1) is 0 Å². The van der Waals surface area contributed by atoms with E-state index in [1.165, 1.54) is 0 Å². The Morgan fingerprint density at radius 2 is 1.52 bits per heavy atom. The Balaban J connectivity index is 2.15. The van der Waals surface area contributed by atoms with E-state index in [9.17, 15) is 0 Å². The first-order valence-corrected chi connectivity index (χ1v) is 7.05. The molecule has 2 aromatic carbocycles. The Labute approximate surface area is 133 Å². The quantitative estimate of drug-likeness (QED) is 0.285. The maximum absolute atomic E-state index is 8.61.